The standard InChI is InChI=1S/C40H58O10/c1-46-31(41)29-4-8-40(9-5-29)49-11-3-7-34(25-50-40,24-48-33(43)35-13-26-12-27(14-35)17-37(44,16-26)22-35)6-2-10-47-32(42)36-15-28-18-38(23-36)30(20-36)21-39(38,45)19-28/h26-30,44-45H,2-25H2,1H3. The van der Waals surface area contributed by atoms with Crippen molar-refractivity contribution in [1.29, 1.82) is 0 Å². The molecule has 0 aromatic heterocycles. The number of carbonyl (C=O) groups is 3. The van der Waals surface area contributed by atoms with Crippen molar-refractivity contribution in [2.24, 2.45) is 51.2 Å². The monoisotopic (exact) mass is 698 g/mol. The number of carbonyl (C=O) groups excluding carboxylic acids is 3. The molecular formula is C40H58O10. The SMILES string of the molecule is COC(=O)C1CCC2(CC1)OCCCC(CCCOC(=O)C13CC4CC5(O)CC(C1)C5(C4)C3)(COC(=O)C13CC4CC(CC(O)(C4)C1)C3)CO2. The molecule has 7 bridgehead atoms. The normalized spacial score (nSPS) is 51.1. The Hall–Kier alpha value is -1.75. The van der Waals surface area contributed by atoms with Crippen LogP contribution in [0.1, 0.15) is 128 Å². The van der Waals surface area contributed by atoms with E-state index < -0.39 is 33.2 Å². The van der Waals surface area contributed by atoms with Crippen LogP contribution in [0.5, 0.6) is 0 Å². The minimum Gasteiger partial charge on any atom is -0.469 e. The Bertz CT molecular complexity index is 1390. The summed E-state index contributed by atoms with van der Waals surface area (Å²) in [5.74, 6) is 0.294. The second-order valence-electron chi connectivity index (χ2n) is 19.5. The molecule has 10 heteroatoms. The minimum absolute atomic E-state index is 0.0561. The van der Waals surface area contributed by atoms with Crippen molar-refractivity contribution in [2.75, 3.05) is 33.5 Å². The van der Waals surface area contributed by atoms with Crippen LogP contribution in [0.25, 0.3) is 0 Å². The van der Waals surface area contributed by atoms with Gasteiger partial charge >= 0.3 is 17.9 Å². The largest absolute Gasteiger partial charge is 0.469 e. The van der Waals surface area contributed by atoms with Gasteiger partial charge < -0.3 is 33.9 Å². The molecule has 10 nitrogen and oxygen atoms in total. The zero-order valence-corrected chi connectivity index (χ0v) is 30.0. The summed E-state index contributed by atoms with van der Waals surface area (Å²) < 4.78 is 30.6. The lowest BCUT2D eigenvalue weighted by Gasteiger charge is -2.58. The predicted octanol–water partition coefficient (Wildman–Crippen LogP) is 5.39. The highest BCUT2D eigenvalue weighted by Gasteiger charge is 2.79. The molecule has 1 heterocycles. The molecule has 10 aliphatic rings. The highest BCUT2D eigenvalue weighted by Crippen LogP contribution is 2.80. The van der Waals surface area contributed by atoms with Crippen molar-refractivity contribution in [2.45, 2.75) is 145 Å². The molecule has 9 aliphatic carbocycles. The molecule has 2 spiro atoms. The number of ether oxygens (including phenoxy) is 5. The van der Waals surface area contributed by atoms with E-state index in [0.29, 0.717) is 88.4 Å². The number of aliphatic hydroxyl groups is 2. The van der Waals surface area contributed by atoms with Crippen molar-refractivity contribution in [3.63, 3.8) is 0 Å². The van der Waals surface area contributed by atoms with Crippen molar-refractivity contribution < 1.29 is 48.3 Å². The lowest BCUT2D eigenvalue weighted by molar-refractivity contribution is -0.280. The topological polar surface area (TPSA) is 138 Å². The van der Waals surface area contributed by atoms with Crippen LogP contribution in [0.4, 0.5) is 0 Å². The van der Waals surface area contributed by atoms with E-state index in [1.165, 1.54) is 7.11 Å². The fourth-order valence-electron chi connectivity index (χ4n) is 14.5. The van der Waals surface area contributed by atoms with Gasteiger partial charge in [-0.2, -0.15) is 0 Å². The molecule has 0 aromatic carbocycles. The van der Waals surface area contributed by atoms with E-state index in [-0.39, 0.29) is 35.8 Å². The third-order valence-electron chi connectivity index (χ3n) is 16.2. The van der Waals surface area contributed by atoms with Crippen molar-refractivity contribution in [3.05, 3.63) is 0 Å². The second kappa shape index (κ2) is 11.6. The van der Waals surface area contributed by atoms with Gasteiger partial charge in [0.25, 0.3) is 0 Å². The molecule has 8 unspecified atom stereocenters. The van der Waals surface area contributed by atoms with E-state index in [4.69, 9.17) is 23.7 Å². The average Bonchev–Trinajstić information content (AvgIpc) is 3.37. The first-order valence-electron chi connectivity index (χ1n) is 20.0. The van der Waals surface area contributed by atoms with E-state index >= 15 is 0 Å². The van der Waals surface area contributed by atoms with Gasteiger partial charge in [-0.05, 0) is 139 Å². The second-order valence-corrected chi connectivity index (χ2v) is 19.5. The van der Waals surface area contributed by atoms with Crippen LogP contribution in [0.2, 0.25) is 0 Å². The maximum Gasteiger partial charge on any atom is 0.312 e. The van der Waals surface area contributed by atoms with Gasteiger partial charge in [-0.1, -0.05) is 0 Å². The van der Waals surface area contributed by atoms with Gasteiger partial charge in [-0.3, -0.25) is 14.4 Å². The molecule has 8 atom stereocenters. The van der Waals surface area contributed by atoms with Gasteiger partial charge in [0.2, 0.25) is 0 Å². The van der Waals surface area contributed by atoms with Gasteiger partial charge in [0.1, 0.15) is 0 Å². The van der Waals surface area contributed by atoms with E-state index in [1.54, 1.807) is 0 Å². The number of esters is 3. The summed E-state index contributed by atoms with van der Waals surface area (Å²) in [6.45, 7) is 1.41. The van der Waals surface area contributed by atoms with Gasteiger partial charge in [0.15, 0.2) is 5.79 Å². The van der Waals surface area contributed by atoms with Crippen molar-refractivity contribution >= 4 is 17.9 Å². The van der Waals surface area contributed by atoms with Crippen molar-refractivity contribution in [1.82, 2.24) is 0 Å². The Kier molecular flexibility index (Phi) is 7.91. The highest BCUT2D eigenvalue weighted by atomic mass is 16.7. The first-order valence-corrected chi connectivity index (χ1v) is 20.0. The van der Waals surface area contributed by atoms with Crippen molar-refractivity contribution in [3.8, 4) is 0 Å². The van der Waals surface area contributed by atoms with E-state index in [2.05, 4.69) is 0 Å². The highest BCUT2D eigenvalue weighted by molar-refractivity contribution is 5.79. The van der Waals surface area contributed by atoms with Crippen LogP contribution in [0.3, 0.4) is 0 Å². The quantitative estimate of drug-likeness (QED) is 0.183. The van der Waals surface area contributed by atoms with E-state index in [1.807, 2.05) is 0 Å². The molecule has 9 saturated carbocycles. The van der Waals surface area contributed by atoms with Crippen LogP contribution in [-0.2, 0) is 38.1 Å². The first-order chi connectivity index (χ1) is 23.8. The van der Waals surface area contributed by atoms with Gasteiger partial charge in [0, 0.05) is 23.7 Å². The fraction of sp³-hybridized carbons (Fsp3) is 0.925. The van der Waals surface area contributed by atoms with Gasteiger partial charge in [-0.25, -0.2) is 0 Å². The number of rotatable bonds is 9. The summed E-state index contributed by atoms with van der Waals surface area (Å²) in [6, 6.07) is 0. The predicted molar refractivity (Wildman–Crippen MR) is 178 cm³/mol. The molecule has 10 fully saturated rings. The van der Waals surface area contributed by atoms with Gasteiger partial charge in [-0.15, -0.1) is 0 Å². The summed E-state index contributed by atoms with van der Waals surface area (Å²) in [6.07, 6.45) is 15.4. The smallest absolute Gasteiger partial charge is 0.312 e. The Morgan fingerprint density at radius 3 is 2.24 bits per heavy atom. The Morgan fingerprint density at radius 2 is 1.50 bits per heavy atom. The minimum atomic E-state index is -0.779. The average molecular weight is 699 g/mol. The number of hydrogen-bond donors (Lipinski definition) is 2. The third-order valence-corrected chi connectivity index (χ3v) is 16.2. The molecular weight excluding hydrogens is 640 g/mol. The van der Waals surface area contributed by atoms with Gasteiger partial charge in [0.05, 0.1) is 61.5 Å². The number of methoxy groups -OCH3 is 1. The molecule has 1 saturated heterocycles. The summed E-state index contributed by atoms with van der Waals surface area (Å²) >= 11 is 0. The number of fused-ring (bicyclic) bond motifs is 2. The summed E-state index contributed by atoms with van der Waals surface area (Å²) in [5.41, 5.74) is -2.87. The molecule has 2 N–H and O–H groups in total. The summed E-state index contributed by atoms with van der Waals surface area (Å²) in [4.78, 5) is 40.1. The zero-order chi connectivity index (χ0) is 34.6. The molecule has 0 amide bonds. The van der Waals surface area contributed by atoms with Crippen LogP contribution in [-0.4, -0.2) is 78.6 Å². The molecule has 10 rings (SSSR count). The lowest BCUT2D eigenvalue weighted by atomic mass is 9.48. The maximum absolute atomic E-state index is 14.0. The van der Waals surface area contributed by atoms with Crippen LogP contribution >= 0.6 is 0 Å². The molecule has 50 heavy (non-hydrogen) atoms. The lowest BCUT2D eigenvalue weighted by Crippen LogP contribution is -2.58. The molecule has 0 aromatic rings. The molecule has 278 valence electrons. The third kappa shape index (κ3) is 5.25. The number of hydrogen-bond acceptors (Lipinski definition) is 10. The molecule has 0 radical (unpaired) electrons. The van der Waals surface area contributed by atoms with Crippen LogP contribution in [0.15, 0.2) is 0 Å². The Morgan fingerprint density at radius 1 is 0.780 bits per heavy atom. The Balaban J connectivity index is 0.873. The first kappa shape index (κ1) is 34.0. The maximum atomic E-state index is 14.0. The van der Waals surface area contributed by atoms with Crippen LogP contribution < -0.4 is 0 Å². The van der Waals surface area contributed by atoms with Crippen LogP contribution in [0, 0.1) is 51.2 Å². The zero-order valence-electron chi connectivity index (χ0n) is 30.0. The Labute approximate surface area is 296 Å². The summed E-state index contributed by atoms with van der Waals surface area (Å²) in [5, 5.41) is 22.6. The molecule has 1 aliphatic heterocycles. The summed E-state index contributed by atoms with van der Waals surface area (Å²) in [7, 11) is 1.43. The van der Waals surface area contributed by atoms with E-state index in [9.17, 15) is 24.6 Å². The fourth-order valence-corrected chi connectivity index (χ4v) is 14.5. The van der Waals surface area contributed by atoms with E-state index in [0.717, 1.165) is 83.5 Å².